The van der Waals surface area contributed by atoms with Crippen molar-refractivity contribution in [3.63, 3.8) is 0 Å². The second kappa shape index (κ2) is 8.28. The SMILES string of the molecule is COc1ccc(C(Cc2cccc(OC)c2OC)C(=O)O)c(OC)c1. The van der Waals surface area contributed by atoms with Crippen LogP contribution in [0, 0.1) is 0 Å². The average Bonchev–Trinajstić information content (AvgIpc) is 2.64. The lowest BCUT2D eigenvalue weighted by atomic mass is 9.90. The molecule has 0 radical (unpaired) electrons. The van der Waals surface area contributed by atoms with Crippen LogP contribution < -0.4 is 18.9 Å². The van der Waals surface area contributed by atoms with Crippen molar-refractivity contribution >= 4 is 5.97 Å². The molecule has 0 aliphatic rings. The Bertz CT molecular complexity index is 741. The molecule has 6 heteroatoms. The molecular weight excluding hydrogens is 324 g/mol. The minimum Gasteiger partial charge on any atom is -0.497 e. The summed E-state index contributed by atoms with van der Waals surface area (Å²) in [6.07, 6.45) is 0.235. The highest BCUT2D eigenvalue weighted by atomic mass is 16.5. The molecule has 2 aromatic rings. The molecule has 0 fully saturated rings. The molecule has 0 aliphatic carbocycles. The topological polar surface area (TPSA) is 74.2 Å². The third kappa shape index (κ3) is 3.96. The Labute approximate surface area is 146 Å². The fourth-order valence-corrected chi connectivity index (χ4v) is 2.77. The minimum absolute atomic E-state index is 0.235. The summed E-state index contributed by atoms with van der Waals surface area (Å²) >= 11 is 0. The number of carbonyl (C=O) groups is 1. The highest BCUT2D eigenvalue weighted by Crippen LogP contribution is 2.37. The molecule has 0 heterocycles. The number of para-hydroxylation sites is 1. The third-order valence-corrected chi connectivity index (χ3v) is 4.02. The first-order chi connectivity index (χ1) is 12.0. The van der Waals surface area contributed by atoms with E-state index in [1.807, 2.05) is 6.07 Å². The van der Waals surface area contributed by atoms with Crippen LogP contribution in [0.5, 0.6) is 23.0 Å². The second-order valence-corrected chi connectivity index (χ2v) is 5.36. The Morgan fingerprint density at radius 1 is 0.960 bits per heavy atom. The number of hydrogen-bond acceptors (Lipinski definition) is 5. The van der Waals surface area contributed by atoms with Crippen LogP contribution in [0.3, 0.4) is 0 Å². The highest BCUT2D eigenvalue weighted by molar-refractivity contribution is 5.78. The number of aliphatic carboxylic acids is 1. The number of carboxylic acid groups (broad SMARTS) is 1. The van der Waals surface area contributed by atoms with Crippen molar-refractivity contribution in [3.05, 3.63) is 47.5 Å². The zero-order valence-corrected chi connectivity index (χ0v) is 14.7. The monoisotopic (exact) mass is 346 g/mol. The fourth-order valence-electron chi connectivity index (χ4n) is 2.77. The van der Waals surface area contributed by atoms with E-state index in [0.717, 1.165) is 5.56 Å². The average molecular weight is 346 g/mol. The lowest BCUT2D eigenvalue weighted by Crippen LogP contribution is -2.16. The molecule has 0 saturated carbocycles. The highest BCUT2D eigenvalue weighted by Gasteiger charge is 2.26. The zero-order valence-electron chi connectivity index (χ0n) is 14.7. The predicted octanol–water partition coefficient (Wildman–Crippen LogP) is 3.13. The van der Waals surface area contributed by atoms with E-state index in [0.29, 0.717) is 28.6 Å². The molecule has 1 atom stereocenters. The van der Waals surface area contributed by atoms with Crippen molar-refractivity contribution in [1.82, 2.24) is 0 Å². The first-order valence-corrected chi connectivity index (χ1v) is 7.70. The van der Waals surface area contributed by atoms with Crippen LogP contribution in [0.4, 0.5) is 0 Å². The fraction of sp³-hybridized carbons (Fsp3) is 0.316. The van der Waals surface area contributed by atoms with Crippen molar-refractivity contribution in [2.45, 2.75) is 12.3 Å². The number of methoxy groups -OCH3 is 4. The van der Waals surface area contributed by atoms with E-state index < -0.39 is 11.9 Å². The molecule has 0 aliphatic heterocycles. The van der Waals surface area contributed by atoms with Gasteiger partial charge in [0.1, 0.15) is 11.5 Å². The van der Waals surface area contributed by atoms with Crippen LogP contribution >= 0.6 is 0 Å². The van der Waals surface area contributed by atoms with Gasteiger partial charge in [0.05, 0.1) is 34.4 Å². The van der Waals surface area contributed by atoms with Gasteiger partial charge in [-0.15, -0.1) is 0 Å². The molecule has 25 heavy (non-hydrogen) atoms. The standard InChI is InChI=1S/C19H22O6/c1-22-13-8-9-14(17(11-13)24-3)15(19(20)21)10-12-6-5-7-16(23-2)18(12)25-4/h5-9,11,15H,10H2,1-4H3,(H,20,21). The van der Waals surface area contributed by atoms with Crippen molar-refractivity contribution in [2.24, 2.45) is 0 Å². The summed E-state index contributed by atoms with van der Waals surface area (Å²) in [6.45, 7) is 0. The predicted molar refractivity (Wildman–Crippen MR) is 93.2 cm³/mol. The van der Waals surface area contributed by atoms with Crippen LogP contribution in [-0.2, 0) is 11.2 Å². The Balaban J connectivity index is 2.46. The van der Waals surface area contributed by atoms with Crippen LogP contribution in [0.25, 0.3) is 0 Å². The summed E-state index contributed by atoms with van der Waals surface area (Å²) in [7, 11) is 6.13. The first kappa shape index (κ1) is 18.4. The summed E-state index contributed by atoms with van der Waals surface area (Å²) in [5.74, 6) is 0.405. The summed E-state index contributed by atoms with van der Waals surface area (Å²) in [5.41, 5.74) is 1.31. The van der Waals surface area contributed by atoms with Gasteiger partial charge in [-0.3, -0.25) is 4.79 Å². The number of hydrogen-bond donors (Lipinski definition) is 1. The summed E-state index contributed by atoms with van der Waals surface area (Å²) < 4.78 is 21.2. The molecule has 0 bridgehead atoms. The first-order valence-electron chi connectivity index (χ1n) is 7.70. The number of ether oxygens (including phenoxy) is 4. The summed E-state index contributed by atoms with van der Waals surface area (Å²) in [6, 6.07) is 10.5. The zero-order chi connectivity index (χ0) is 18.4. The Morgan fingerprint density at radius 3 is 2.24 bits per heavy atom. The van der Waals surface area contributed by atoms with Gasteiger partial charge in [0.25, 0.3) is 0 Å². The van der Waals surface area contributed by atoms with Gasteiger partial charge >= 0.3 is 5.97 Å². The second-order valence-electron chi connectivity index (χ2n) is 5.36. The minimum atomic E-state index is -0.951. The van der Waals surface area contributed by atoms with Crippen molar-refractivity contribution in [2.75, 3.05) is 28.4 Å². The smallest absolute Gasteiger partial charge is 0.311 e. The maximum Gasteiger partial charge on any atom is 0.311 e. The van der Waals surface area contributed by atoms with Gasteiger partial charge in [-0.1, -0.05) is 18.2 Å². The van der Waals surface area contributed by atoms with E-state index in [-0.39, 0.29) is 6.42 Å². The summed E-state index contributed by atoms with van der Waals surface area (Å²) in [5, 5.41) is 9.77. The van der Waals surface area contributed by atoms with Crippen LogP contribution in [0.15, 0.2) is 36.4 Å². The molecule has 2 rings (SSSR count). The van der Waals surface area contributed by atoms with E-state index in [2.05, 4.69) is 0 Å². The lowest BCUT2D eigenvalue weighted by Gasteiger charge is -2.19. The normalized spacial score (nSPS) is 11.5. The van der Waals surface area contributed by atoms with Crippen molar-refractivity contribution in [1.29, 1.82) is 0 Å². The molecule has 0 aromatic heterocycles. The van der Waals surface area contributed by atoms with E-state index in [1.54, 1.807) is 44.6 Å². The molecule has 1 unspecified atom stereocenters. The van der Waals surface area contributed by atoms with Gasteiger partial charge in [0.2, 0.25) is 0 Å². The Morgan fingerprint density at radius 2 is 1.68 bits per heavy atom. The Hall–Kier alpha value is -2.89. The molecule has 0 spiro atoms. The Kier molecular flexibility index (Phi) is 6.11. The van der Waals surface area contributed by atoms with E-state index in [9.17, 15) is 9.90 Å². The van der Waals surface area contributed by atoms with E-state index >= 15 is 0 Å². The molecule has 6 nitrogen and oxygen atoms in total. The molecule has 0 saturated heterocycles. The molecule has 2 aromatic carbocycles. The maximum atomic E-state index is 11.9. The van der Waals surface area contributed by atoms with Crippen molar-refractivity contribution in [3.8, 4) is 23.0 Å². The van der Waals surface area contributed by atoms with Crippen LogP contribution in [-0.4, -0.2) is 39.5 Å². The molecule has 1 N–H and O–H groups in total. The number of benzene rings is 2. The van der Waals surface area contributed by atoms with Crippen LogP contribution in [0.1, 0.15) is 17.0 Å². The van der Waals surface area contributed by atoms with Gasteiger partial charge in [0, 0.05) is 11.6 Å². The van der Waals surface area contributed by atoms with E-state index in [1.165, 1.54) is 14.2 Å². The molecule has 134 valence electrons. The molecular formula is C19H22O6. The maximum absolute atomic E-state index is 11.9. The number of carboxylic acids is 1. The third-order valence-electron chi connectivity index (χ3n) is 4.02. The van der Waals surface area contributed by atoms with Crippen LogP contribution in [0.2, 0.25) is 0 Å². The lowest BCUT2D eigenvalue weighted by molar-refractivity contribution is -0.138. The largest absolute Gasteiger partial charge is 0.497 e. The van der Waals surface area contributed by atoms with Gasteiger partial charge in [0.15, 0.2) is 11.5 Å². The number of rotatable bonds is 8. The van der Waals surface area contributed by atoms with Gasteiger partial charge in [-0.2, -0.15) is 0 Å². The summed E-state index contributed by atoms with van der Waals surface area (Å²) in [4.78, 5) is 11.9. The molecule has 0 amide bonds. The van der Waals surface area contributed by atoms with Gasteiger partial charge in [-0.25, -0.2) is 0 Å². The van der Waals surface area contributed by atoms with Crippen molar-refractivity contribution < 1.29 is 28.8 Å². The quantitative estimate of drug-likeness (QED) is 0.791. The van der Waals surface area contributed by atoms with E-state index in [4.69, 9.17) is 18.9 Å². The van der Waals surface area contributed by atoms with Gasteiger partial charge in [-0.05, 0) is 24.1 Å². The van der Waals surface area contributed by atoms with Gasteiger partial charge < -0.3 is 24.1 Å².